The monoisotopic (exact) mass is 705 g/mol. The SMILES string of the molecule is Cc1cc(NC(=O)C2[C@H](c3ccc(F)c(C(F)(F)F)c3)C2(Cl)Cl)cc(C(=O)Nc2ccc(F)c(NC(=O)C(F)(F)F)c2F)c1Cl. The average molecular weight is 707 g/mol. The minimum absolute atomic E-state index is 0.116. The van der Waals surface area contributed by atoms with Gasteiger partial charge in [0.05, 0.1) is 27.8 Å². The summed E-state index contributed by atoms with van der Waals surface area (Å²) in [6, 6.07) is 5.44. The summed E-state index contributed by atoms with van der Waals surface area (Å²) in [6.07, 6.45) is -10.5. The summed E-state index contributed by atoms with van der Waals surface area (Å²) in [6.45, 7) is 1.39. The molecule has 3 N–H and O–H groups in total. The average Bonchev–Trinajstić information content (AvgIpc) is 3.50. The lowest BCUT2D eigenvalue weighted by molar-refractivity contribution is -0.167. The van der Waals surface area contributed by atoms with Crippen LogP contribution in [0.25, 0.3) is 0 Å². The molecule has 0 saturated heterocycles. The molecule has 0 bridgehead atoms. The van der Waals surface area contributed by atoms with Crippen molar-refractivity contribution in [2.75, 3.05) is 16.0 Å². The zero-order chi connectivity index (χ0) is 33.8. The summed E-state index contributed by atoms with van der Waals surface area (Å²) in [5, 5.41) is 5.18. The van der Waals surface area contributed by atoms with Crippen molar-refractivity contribution in [2.45, 2.75) is 29.5 Å². The maximum atomic E-state index is 14.8. The molecule has 0 radical (unpaired) electrons. The van der Waals surface area contributed by atoms with Crippen molar-refractivity contribution >= 4 is 69.6 Å². The number of carbonyl (C=O) groups is 3. The zero-order valence-corrected chi connectivity index (χ0v) is 24.2. The second kappa shape index (κ2) is 11.9. The Balaban J connectivity index is 1.57. The van der Waals surface area contributed by atoms with Crippen LogP contribution in [0.4, 0.5) is 56.6 Å². The van der Waals surface area contributed by atoms with Crippen LogP contribution in [-0.2, 0) is 15.8 Å². The normalized spacial score (nSPS) is 17.4. The molecular weight excluding hydrogens is 692 g/mol. The van der Waals surface area contributed by atoms with Crippen molar-refractivity contribution in [3.05, 3.63) is 87.2 Å². The lowest BCUT2D eigenvalue weighted by Crippen LogP contribution is -2.31. The van der Waals surface area contributed by atoms with Gasteiger partial charge < -0.3 is 16.0 Å². The lowest BCUT2D eigenvalue weighted by atomic mass is 10.0. The smallest absolute Gasteiger partial charge is 0.326 e. The number of nitrogens with one attached hydrogen (secondary N) is 3. The lowest BCUT2D eigenvalue weighted by Gasteiger charge is -2.15. The summed E-state index contributed by atoms with van der Waals surface area (Å²) in [5.74, 6) is -12.2. The first-order valence-corrected chi connectivity index (χ1v) is 13.3. The minimum atomic E-state index is -5.48. The van der Waals surface area contributed by atoms with Crippen LogP contribution in [0.5, 0.6) is 0 Å². The number of hydrogen-bond acceptors (Lipinski definition) is 3. The van der Waals surface area contributed by atoms with Gasteiger partial charge in [-0.1, -0.05) is 17.7 Å². The summed E-state index contributed by atoms with van der Waals surface area (Å²) in [4.78, 5) is 37.2. The Hall–Kier alpha value is -3.69. The topological polar surface area (TPSA) is 87.3 Å². The first kappa shape index (κ1) is 34.2. The molecule has 240 valence electrons. The zero-order valence-electron chi connectivity index (χ0n) is 22.0. The fraction of sp³-hybridized carbons (Fsp3) is 0.222. The molecule has 0 aromatic heterocycles. The largest absolute Gasteiger partial charge is 0.471 e. The van der Waals surface area contributed by atoms with E-state index < -0.39 is 86.2 Å². The molecule has 45 heavy (non-hydrogen) atoms. The summed E-state index contributed by atoms with van der Waals surface area (Å²) in [7, 11) is 0. The van der Waals surface area contributed by atoms with E-state index in [0.717, 1.165) is 17.4 Å². The van der Waals surface area contributed by atoms with Crippen LogP contribution in [0.2, 0.25) is 5.02 Å². The van der Waals surface area contributed by atoms with Gasteiger partial charge in [0.15, 0.2) is 5.82 Å². The van der Waals surface area contributed by atoms with Crippen molar-refractivity contribution in [1.82, 2.24) is 0 Å². The number of amides is 3. The van der Waals surface area contributed by atoms with Crippen LogP contribution in [0, 0.1) is 30.3 Å². The Kier molecular flexibility index (Phi) is 9.05. The van der Waals surface area contributed by atoms with E-state index in [0.29, 0.717) is 24.3 Å². The van der Waals surface area contributed by atoms with Crippen LogP contribution in [0.15, 0.2) is 42.5 Å². The third-order valence-electron chi connectivity index (χ3n) is 6.59. The van der Waals surface area contributed by atoms with Crippen molar-refractivity contribution < 1.29 is 53.9 Å². The Labute approximate surface area is 261 Å². The summed E-state index contributed by atoms with van der Waals surface area (Å²) < 4.78 is 118. The van der Waals surface area contributed by atoms with Crippen molar-refractivity contribution in [2.24, 2.45) is 5.92 Å². The van der Waals surface area contributed by atoms with E-state index in [1.807, 2.05) is 5.32 Å². The molecular formula is C27H15Cl3F9N3O3. The highest BCUT2D eigenvalue weighted by molar-refractivity contribution is 6.53. The van der Waals surface area contributed by atoms with Crippen molar-refractivity contribution in [1.29, 1.82) is 0 Å². The third-order valence-corrected chi connectivity index (χ3v) is 8.04. The molecule has 0 heterocycles. The van der Waals surface area contributed by atoms with Gasteiger partial charge in [-0.3, -0.25) is 14.4 Å². The van der Waals surface area contributed by atoms with Gasteiger partial charge in [-0.15, -0.1) is 23.2 Å². The van der Waals surface area contributed by atoms with E-state index in [1.165, 1.54) is 13.0 Å². The molecule has 18 heteroatoms. The van der Waals surface area contributed by atoms with Crippen LogP contribution in [-0.4, -0.2) is 28.2 Å². The van der Waals surface area contributed by atoms with E-state index in [1.54, 1.807) is 0 Å². The molecule has 1 saturated carbocycles. The predicted molar refractivity (Wildman–Crippen MR) is 146 cm³/mol. The Morgan fingerprint density at radius 2 is 1.47 bits per heavy atom. The van der Waals surface area contributed by atoms with Crippen LogP contribution in [0.3, 0.4) is 0 Å². The molecule has 0 spiro atoms. The van der Waals surface area contributed by atoms with Gasteiger partial charge >= 0.3 is 18.3 Å². The van der Waals surface area contributed by atoms with Gasteiger partial charge in [-0.05, 0) is 54.4 Å². The number of carbonyl (C=O) groups excluding carboxylic acids is 3. The maximum Gasteiger partial charge on any atom is 0.471 e. The van der Waals surface area contributed by atoms with E-state index in [9.17, 15) is 53.9 Å². The fourth-order valence-corrected chi connectivity index (χ4v) is 5.41. The Morgan fingerprint density at radius 3 is 2.07 bits per heavy atom. The van der Waals surface area contributed by atoms with Crippen LogP contribution in [0.1, 0.15) is 33.0 Å². The minimum Gasteiger partial charge on any atom is -0.326 e. The molecule has 3 aromatic carbocycles. The molecule has 4 rings (SSSR count). The fourth-order valence-electron chi connectivity index (χ4n) is 4.39. The standard InChI is InChI=1S/C27H15Cl3F9N3O3/c1-9-6-11(40-23(44)18-17(25(18,29)30)10-2-3-14(31)13(7-10)26(34,35)36)8-12(19(9)28)22(43)41-16-5-4-15(32)21(20(16)33)42-24(45)27(37,38)39/h2-8,17-18H,1H3,(H,40,44)(H,41,43)(H,42,45)/t17-,18?/m0/s1. The van der Waals surface area contributed by atoms with Gasteiger partial charge in [0.2, 0.25) is 5.91 Å². The van der Waals surface area contributed by atoms with Gasteiger partial charge in [0.25, 0.3) is 5.91 Å². The Bertz CT molecular complexity index is 1730. The first-order chi connectivity index (χ1) is 20.6. The predicted octanol–water partition coefficient (Wildman–Crippen LogP) is 8.36. The van der Waals surface area contributed by atoms with E-state index in [-0.39, 0.29) is 21.8 Å². The number of alkyl halides is 8. The highest BCUT2D eigenvalue weighted by Crippen LogP contribution is 2.65. The second-order valence-electron chi connectivity index (χ2n) is 9.70. The highest BCUT2D eigenvalue weighted by Gasteiger charge is 2.67. The summed E-state index contributed by atoms with van der Waals surface area (Å²) >= 11 is 18.6. The highest BCUT2D eigenvalue weighted by atomic mass is 35.5. The first-order valence-electron chi connectivity index (χ1n) is 12.2. The van der Waals surface area contributed by atoms with E-state index in [4.69, 9.17) is 34.8 Å². The maximum absolute atomic E-state index is 14.8. The molecule has 1 aliphatic rings. The Morgan fingerprint density at radius 1 is 0.844 bits per heavy atom. The van der Waals surface area contributed by atoms with E-state index in [2.05, 4.69) is 5.32 Å². The number of halogens is 12. The quantitative estimate of drug-likeness (QED) is 0.178. The number of aryl methyl sites for hydroxylation is 1. The molecule has 6 nitrogen and oxygen atoms in total. The van der Waals surface area contributed by atoms with Crippen molar-refractivity contribution in [3.8, 4) is 0 Å². The molecule has 1 unspecified atom stereocenters. The number of benzene rings is 3. The summed E-state index contributed by atoms with van der Waals surface area (Å²) in [5.41, 5.74) is -4.48. The van der Waals surface area contributed by atoms with Gasteiger partial charge in [-0.2, -0.15) is 26.3 Å². The van der Waals surface area contributed by atoms with E-state index >= 15 is 0 Å². The number of hydrogen-bond donors (Lipinski definition) is 3. The molecule has 1 aliphatic carbocycles. The van der Waals surface area contributed by atoms with Crippen molar-refractivity contribution in [3.63, 3.8) is 0 Å². The molecule has 3 aromatic rings. The molecule has 0 aliphatic heterocycles. The molecule has 2 atom stereocenters. The molecule has 1 fully saturated rings. The number of anilines is 3. The molecule has 3 amide bonds. The van der Waals surface area contributed by atoms with Crippen LogP contribution >= 0.6 is 34.8 Å². The van der Waals surface area contributed by atoms with Gasteiger partial charge in [0.1, 0.15) is 21.7 Å². The van der Waals surface area contributed by atoms with Gasteiger partial charge in [0, 0.05) is 11.6 Å². The second-order valence-corrected chi connectivity index (χ2v) is 11.5. The van der Waals surface area contributed by atoms with Gasteiger partial charge in [-0.25, -0.2) is 13.2 Å². The van der Waals surface area contributed by atoms with Crippen LogP contribution < -0.4 is 16.0 Å². The third kappa shape index (κ3) is 6.94. The number of rotatable bonds is 6.